The number of ether oxygens (including phenoxy) is 3. The molecule has 0 aliphatic rings. The Morgan fingerprint density at radius 3 is 2.77 bits per heavy atom. The number of anilines is 1. The van der Waals surface area contributed by atoms with Gasteiger partial charge in [-0.15, -0.1) is 0 Å². The van der Waals surface area contributed by atoms with Gasteiger partial charge in [-0.1, -0.05) is 23.7 Å². The van der Waals surface area contributed by atoms with Crippen molar-refractivity contribution in [3.05, 3.63) is 83.2 Å². The molecule has 3 aromatic rings. The van der Waals surface area contributed by atoms with Gasteiger partial charge in [-0.3, -0.25) is 9.78 Å². The van der Waals surface area contributed by atoms with Gasteiger partial charge in [0.1, 0.15) is 12.4 Å². The highest BCUT2D eigenvalue weighted by Crippen LogP contribution is 2.36. The van der Waals surface area contributed by atoms with E-state index >= 15 is 0 Å². The zero-order valence-electron chi connectivity index (χ0n) is 17.3. The molecule has 1 aromatic heterocycles. The number of hydrogen-bond donors (Lipinski definition) is 1. The highest BCUT2D eigenvalue weighted by Gasteiger charge is 2.10. The van der Waals surface area contributed by atoms with E-state index in [9.17, 15) is 4.79 Å². The van der Waals surface area contributed by atoms with Gasteiger partial charge in [-0.2, -0.15) is 0 Å². The maximum atomic E-state index is 12.4. The van der Waals surface area contributed by atoms with Crippen LogP contribution in [0.3, 0.4) is 0 Å². The number of hydrogen-bond acceptors (Lipinski definition) is 5. The molecule has 0 radical (unpaired) electrons. The van der Waals surface area contributed by atoms with Gasteiger partial charge >= 0.3 is 0 Å². The van der Waals surface area contributed by atoms with Crippen LogP contribution in [0.4, 0.5) is 5.69 Å². The average Bonchev–Trinajstić information content (AvgIpc) is 2.77. The Bertz CT molecular complexity index is 1050. The summed E-state index contributed by atoms with van der Waals surface area (Å²) in [5, 5.41) is 3.23. The number of amides is 1. The number of rotatable bonds is 9. The van der Waals surface area contributed by atoms with Crippen LogP contribution in [0.25, 0.3) is 6.08 Å². The molecule has 3 rings (SSSR count). The number of nitrogens with one attached hydrogen (secondary N) is 1. The summed E-state index contributed by atoms with van der Waals surface area (Å²) in [6.45, 7) is 2.74. The van der Waals surface area contributed by atoms with Crippen molar-refractivity contribution in [1.29, 1.82) is 0 Å². The van der Waals surface area contributed by atoms with Crippen molar-refractivity contribution in [1.82, 2.24) is 4.98 Å². The predicted molar refractivity (Wildman–Crippen MR) is 122 cm³/mol. The molecule has 6 nitrogen and oxygen atoms in total. The number of methoxy groups -OCH3 is 1. The summed E-state index contributed by atoms with van der Waals surface area (Å²) in [5.74, 6) is 1.35. The summed E-state index contributed by atoms with van der Waals surface area (Å²) in [6, 6.07) is 14.5. The molecule has 31 heavy (non-hydrogen) atoms. The van der Waals surface area contributed by atoms with Crippen LogP contribution in [0, 0.1) is 0 Å². The molecule has 0 saturated carbocycles. The molecule has 1 N–H and O–H groups in total. The van der Waals surface area contributed by atoms with Gasteiger partial charge < -0.3 is 19.5 Å². The number of aromatic nitrogens is 1. The SMILES string of the molecule is CCOc1cc(/C=C/C(=O)Nc2cccc(OCc3cccnc3)c2)cc(Cl)c1OC. The minimum atomic E-state index is -0.283. The van der Waals surface area contributed by atoms with Crippen molar-refractivity contribution >= 4 is 29.3 Å². The quantitative estimate of drug-likeness (QED) is 0.454. The van der Waals surface area contributed by atoms with Crippen LogP contribution in [0.1, 0.15) is 18.1 Å². The molecular formula is C24H23ClN2O4. The maximum Gasteiger partial charge on any atom is 0.248 e. The number of carbonyl (C=O) groups is 1. The summed E-state index contributed by atoms with van der Waals surface area (Å²) in [7, 11) is 1.53. The summed E-state index contributed by atoms with van der Waals surface area (Å²) in [5.41, 5.74) is 2.31. The molecule has 0 spiro atoms. The zero-order chi connectivity index (χ0) is 22.1. The third-order valence-corrected chi connectivity index (χ3v) is 4.47. The average molecular weight is 439 g/mol. The molecule has 0 atom stereocenters. The lowest BCUT2D eigenvalue weighted by Crippen LogP contribution is -2.07. The van der Waals surface area contributed by atoms with Gasteiger partial charge in [0.2, 0.25) is 5.91 Å². The van der Waals surface area contributed by atoms with Crippen molar-refractivity contribution in [3.63, 3.8) is 0 Å². The smallest absolute Gasteiger partial charge is 0.248 e. The third kappa shape index (κ3) is 6.49. The van der Waals surface area contributed by atoms with Crippen molar-refractivity contribution in [2.45, 2.75) is 13.5 Å². The van der Waals surface area contributed by atoms with E-state index < -0.39 is 0 Å². The van der Waals surface area contributed by atoms with E-state index in [-0.39, 0.29) is 5.91 Å². The zero-order valence-corrected chi connectivity index (χ0v) is 18.1. The fourth-order valence-electron chi connectivity index (χ4n) is 2.81. The minimum absolute atomic E-state index is 0.283. The lowest BCUT2D eigenvalue weighted by molar-refractivity contribution is -0.111. The van der Waals surface area contributed by atoms with Crippen LogP contribution in [0.15, 0.2) is 67.0 Å². The summed E-state index contributed by atoms with van der Waals surface area (Å²) in [6.07, 6.45) is 6.55. The van der Waals surface area contributed by atoms with Crippen LogP contribution < -0.4 is 19.5 Å². The standard InChI is InChI=1S/C24H23ClN2O4/c1-3-30-22-13-17(12-21(25)24(22)29-2)9-10-23(28)27-19-7-4-8-20(14-19)31-16-18-6-5-11-26-15-18/h4-15H,3,16H2,1-2H3,(H,27,28)/b10-9+. The van der Waals surface area contributed by atoms with Crippen molar-refractivity contribution < 1.29 is 19.0 Å². The monoisotopic (exact) mass is 438 g/mol. The van der Waals surface area contributed by atoms with Crippen LogP contribution in [0.2, 0.25) is 5.02 Å². The molecule has 0 unspecified atom stereocenters. The maximum absolute atomic E-state index is 12.4. The van der Waals surface area contributed by atoms with Gasteiger partial charge in [0, 0.05) is 35.8 Å². The first-order valence-corrected chi connectivity index (χ1v) is 10.1. The van der Waals surface area contributed by atoms with Gasteiger partial charge in [0.25, 0.3) is 0 Å². The summed E-state index contributed by atoms with van der Waals surface area (Å²) >= 11 is 6.25. The van der Waals surface area contributed by atoms with Gasteiger partial charge in [0.15, 0.2) is 11.5 Å². The molecule has 0 fully saturated rings. The topological polar surface area (TPSA) is 69.7 Å². The van der Waals surface area contributed by atoms with Crippen LogP contribution in [0.5, 0.6) is 17.2 Å². The van der Waals surface area contributed by atoms with Crippen LogP contribution in [-0.4, -0.2) is 24.6 Å². The second kappa shape index (κ2) is 11.0. The molecule has 160 valence electrons. The highest BCUT2D eigenvalue weighted by molar-refractivity contribution is 6.32. The summed E-state index contributed by atoms with van der Waals surface area (Å²) < 4.78 is 16.6. The van der Waals surface area contributed by atoms with E-state index in [1.165, 1.54) is 13.2 Å². The Morgan fingerprint density at radius 2 is 2.03 bits per heavy atom. The van der Waals surface area contributed by atoms with E-state index in [4.69, 9.17) is 25.8 Å². The second-order valence-electron chi connectivity index (χ2n) is 6.47. The largest absolute Gasteiger partial charge is 0.491 e. The molecule has 1 heterocycles. The molecule has 0 aliphatic heterocycles. The van der Waals surface area contributed by atoms with E-state index in [0.717, 1.165) is 11.1 Å². The molecular weight excluding hydrogens is 416 g/mol. The second-order valence-corrected chi connectivity index (χ2v) is 6.87. The van der Waals surface area contributed by atoms with Gasteiger partial charge in [-0.05, 0) is 48.9 Å². The predicted octanol–water partition coefficient (Wildman–Crippen LogP) is 5.37. The highest BCUT2D eigenvalue weighted by atomic mass is 35.5. The minimum Gasteiger partial charge on any atom is -0.491 e. The lowest BCUT2D eigenvalue weighted by Gasteiger charge is -2.11. The first-order valence-electron chi connectivity index (χ1n) is 9.70. The van der Waals surface area contributed by atoms with E-state index in [0.29, 0.717) is 41.2 Å². The van der Waals surface area contributed by atoms with Crippen molar-refractivity contribution in [2.24, 2.45) is 0 Å². The van der Waals surface area contributed by atoms with E-state index in [1.54, 1.807) is 42.7 Å². The first-order chi connectivity index (χ1) is 15.1. The Kier molecular flexibility index (Phi) is 7.90. The fraction of sp³-hybridized carbons (Fsp3) is 0.167. The number of carbonyl (C=O) groups excluding carboxylic acids is 1. The van der Waals surface area contributed by atoms with Gasteiger partial charge in [0.05, 0.1) is 18.7 Å². The molecule has 0 saturated heterocycles. The first kappa shape index (κ1) is 22.2. The molecule has 2 aromatic carbocycles. The Balaban J connectivity index is 1.63. The van der Waals surface area contributed by atoms with Crippen molar-refractivity contribution in [2.75, 3.05) is 19.0 Å². The van der Waals surface area contributed by atoms with E-state index in [1.807, 2.05) is 31.2 Å². The normalized spacial score (nSPS) is 10.7. The molecule has 0 aliphatic carbocycles. The number of nitrogens with zero attached hydrogens (tertiary/aromatic N) is 1. The lowest BCUT2D eigenvalue weighted by atomic mass is 10.2. The molecule has 1 amide bonds. The Labute approximate surface area is 186 Å². The van der Waals surface area contributed by atoms with Crippen molar-refractivity contribution in [3.8, 4) is 17.2 Å². The van der Waals surface area contributed by atoms with Crippen LogP contribution >= 0.6 is 11.6 Å². The third-order valence-electron chi connectivity index (χ3n) is 4.19. The van der Waals surface area contributed by atoms with E-state index in [2.05, 4.69) is 10.3 Å². The molecule has 7 heteroatoms. The Morgan fingerprint density at radius 1 is 1.16 bits per heavy atom. The van der Waals surface area contributed by atoms with Crippen LogP contribution in [-0.2, 0) is 11.4 Å². The number of halogens is 1. The van der Waals surface area contributed by atoms with Gasteiger partial charge in [-0.25, -0.2) is 0 Å². The summed E-state index contributed by atoms with van der Waals surface area (Å²) in [4.78, 5) is 16.4. The molecule has 0 bridgehead atoms. The fourth-order valence-corrected chi connectivity index (χ4v) is 3.11. The Hall–Kier alpha value is -3.51. The number of pyridine rings is 1. The number of benzene rings is 2.